The second kappa shape index (κ2) is 6.47. The van der Waals surface area contributed by atoms with Crippen LogP contribution in [0, 0.1) is 10.1 Å². The number of nitrogens with one attached hydrogen (secondary N) is 1. The normalized spacial score (nSPS) is 13.3. The molecule has 2 aromatic rings. The molecule has 6 nitrogen and oxygen atoms in total. The molecule has 0 fully saturated rings. The first-order valence-electron chi connectivity index (χ1n) is 6.93. The highest BCUT2D eigenvalue weighted by Gasteiger charge is 2.18. The Hall–Kier alpha value is -2.25. The van der Waals surface area contributed by atoms with E-state index in [-0.39, 0.29) is 16.6 Å². The molecule has 0 atom stereocenters. The first kappa shape index (κ1) is 15.6. The van der Waals surface area contributed by atoms with Crippen LogP contribution < -0.4 is 5.43 Å². The van der Waals surface area contributed by atoms with Gasteiger partial charge in [-0.15, -0.1) is 11.3 Å². The van der Waals surface area contributed by atoms with Gasteiger partial charge in [0.2, 0.25) is 0 Å². The number of nitro groups is 1. The molecule has 0 bridgehead atoms. The molecule has 1 aliphatic rings. The van der Waals surface area contributed by atoms with Gasteiger partial charge in [0.15, 0.2) is 0 Å². The van der Waals surface area contributed by atoms with Gasteiger partial charge >= 0.3 is 0 Å². The standard InChI is InChI=1S/C15H12ClN3O3S/c16-11-5-4-9(6-12(11)19(21)22)8-17-18-15(20)14-7-10-2-1-3-13(10)23-14/h4-8H,1-3H2,(H,18,20)/b17-8-. The summed E-state index contributed by atoms with van der Waals surface area (Å²) in [7, 11) is 0. The Kier molecular flexibility index (Phi) is 4.40. The summed E-state index contributed by atoms with van der Waals surface area (Å²) in [4.78, 5) is 24.2. The number of hydrogen-bond donors (Lipinski definition) is 1. The second-order valence-electron chi connectivity index (χ2n) is 5.08. The molecular weight excluding hydrogens is 338 g/mol. The van der Waals surface area contributed by atoms with Crippen LogP contribution in [0.25, 0.3) is 0 Å². The fourth-order valence-electron chi connectivity index (χ4n) is 2.41. The number of aryl methyl sites for hydroxylation is 2. The van der Waals surface area contributed by atoms with Gasteiger partial charge in [-0.1, -0.05) is 17.7 Å². The Morgan fingerprint density at radius 2 is 2.22 bits per heavy atom. The lowest BCUT2D eigenvalue weighted by molar-refractivity contribution is -0.384. The molecule has 1 aliphatic carbocycles. The Balaban J connectivity index is 1.67. The van der Waals surface area contributed by atoms with Crippen molar-refractivity contribution in [2.45, 2.75) is 19.3 Å². The maximum atomic E-state index is 12.0. The minimum Gasteiger partial charge on any atom is -0.266 e. The molecule has 1 aromatic heterocycles. The molecule has 0 unspecified atom stereocenters. The molecule has 23 heavy (non-hydrogen) atoms. The smallest absolute Gasteiger partial charge is 0.266 e. The third-order valence-corrected chi connectivity index (χ3v) is 5.07. The number of hydrazone groups is 1. The predicted octanol–water partition coefficient (Wildman–Crippen LogP) is 3.56. The van der Waals surface area contributed by atoms with E-state index in [9.17, 15) is 14.9 Å². The maximum Gasteiger partial charge on any atom is 0.288 e. The van der Waals surface area contributed by atoms with Crippen molar-refractivity contribution in [2.75, 3.05) is 0 Å². The Morgan fingerprint density at radius 1 is 1.39 bits per heavy atom. The minimum absolute atomic E-state index is 0.0595. The highest BCUT2D eigenvalue weighted by molar-refractivity contribution is 7.14. The minimum atomic E-state index is -0.564. The Labute approximate surface area is 140 Å². The van der Waals surface area contributed by atoms with Gasteiger partial charge < -0.3 is 0 Å². The quantitative estimate of drug-likeness (QED) is 0.520. The Bertz CT molecular complexity index is 795. The molecule has 0 aliphatic heterocycles. The monoisotopic (exact) mass is 349 g/mol. The number of nitro benzene ring substituents is 1. The molecule has 0 radical (unpaired) electrons. The highest BCUT2D eigenvalue weighted by atomic mass is 35.5. The van der Waals surface area contributed by atoms with Gasteiger partial charge in [0.25, 0.3) is 11.6 Å². The van der Waals surface area contributed by atoms with E-state index in [2.05, 4.69) is 10.5 Å². The lowest BCUT2D eigenvalue weighted by Gasteiger charge is -1.98. The van der Waals surface area contributed by atoms with Crippen molar-refractivity contribution in [1.82, 2.24) is 5.43 Å². The number of rotatable bonds is 4. The number of carbonyl (C=O) groups excluding carboxylic acids is 1. The number of amides is 1. The molecule has 1 heterocycles. The summed E-state index contributed by atoms with van der Waals surface area (Å²) in [5, 5.41) is 14.7. The number of benzene rings is 1. The van der Waals surface area contributed by atoms with Crippen LogP contribution in [0.4, 0.5) is 5.69 Å². The van der Waals surface area contributed by atoms with Crippen LogP contribution in [-0.4, -0.2) is 17.0 Å². The largest absolute Gasteiger partial charge is 0.288 e. The molecular formula is C15H12ClN3O3S. The summed E-state index contributed by atoms with van der Waals surface area (Å²) in [5.74, 6) is -0.274. The van der Waals surface area contributed by atoms with Crippen molar-refractivity contribution < 1.29 is 9.72 Å². The fourth-order valence-corrected chi connectivity index (χ4v) is 3.74. The van der Waals surface area contributed by atoms with Gasteiger partial charge in [-0.2, -0.15) is 5.10 Å². The molecule has 0 saturated heterocycles. The van der Waals surface area contributed by atoms with E-state index in [1.807, 2.05) is 6.07 Å². The molecule has 8 heteroatoms. The van der Waals surface area contributed by atoms with Crippen LogP contribution in [-0.2, 0) is 12.8 Å². The van der Waals surface area contributed by atoms with Crippen LogP contribution in [0.2, 0.25) is 5.02 Å². The van der Waals surface area contributed by atoms with Gasteiger partial charge in [-0.25, -0.2) is 5.43 Å². The highest BCUT2D eigenvalue weighted by Crippen LogP contribution is 2.30. The zero-order chi connectivity index (χ0) is 16.4. The third kappa shape index (κ3) is 3.40. The first-order valence-corrected chi connectivity index (χ1v) is 8.13. The van der Waals surface area contributed by atoms with E-state index in [4.69, 9.17) is 11.6 Å². The molecule has 1 aromatic carbocycles. The maximum absolute atomic E-state index is 12.0. The number of fused-ring (bicyclic) bond motifs is 1. The average Bonchev–Trinajstić information content (AvgIpc) is 3.09. The lowest BCUT2D eigenvalue weighted by Crippen LogP contribution is -2.16. The van der Waals surface area contributed by atoms with Crippen LogP contribution in [0.3, 0.4) is 0 Å². The summed E-state index contributed by atoms with van der Waals surface area (Å²) >= 11 is 7.23. The molecule has 1 amide bonds. The van der Waals surface area contributed by atoms with Gasteiger partial charge in [-0.3, -0.25) is 14.9 Å². The van der Waals surface area contributed by atoms with Crippen LogP contribution in [0.15, 0.2) is 29.4 Å². The van der Waals surface area contributed by atoms with E-state index < -0.39 is 4.92 Å². The van der Waals surface area contributed by atoms with Crippen molar-refractivity contribution >= 4 is 40.7 Å². The summed E-state index contributed by atoms with van der Waals surface area (Å²) in [5.41, 5.74) is 3.97. The van der Waals surface area contributed by atoms with E-state index >= 15 is 0 Å². The average molecular weight is 350 g/mol. The van der Waals surface area contributed by atoms with Crippen molar-refractivity contribution in [1.29, 1.82) is 0 Å². The lowest BCUT2D eigenvalue weighted by atomic mass is 10.2. The van der Waals surface area contributed by atoms with Crippen molar-refractivity contribution in [3.8, 4) is 0 Å². The zero-order valence-corrected chi connectivity index (χ0v) is 13.5. The number of nitrogens with zero attached hydrogens (tertiary/aromatic N) is 2. The van der Waals surface area contributed by atoms with E-state index in [1.54, 1.807) is 6.07 Å². The summed E-state index contributed by atoms with van der Waals surface area (Å²) < 4.78 is 0. The Morgan fingerprint density at radius 3 is 2.96 bits per heavy atom. The van der Waals surface area contributed by atoms with Crippen molar-refractivity contribution in [2.24, 2.45) is 5.10 Å². The van der Waals surface area contributed by atoms with Crippen LogP contribution in [0.5, 0.6) is 0 Å². The van der Waals surface area contributed by atoms with Gasteiger partial charge in [0.1, 0.15) is 5.02 Å². The molecule has 1 N–H and O–H groups in total. The topological polar surface area (TPSA) is 84.6 Å². The van der Waals surface area contributed by atoms with Crippen molar-refractivity contribution in [3.63, 3.8) is 0 Å². The molecule has 0 saturated carbocycles. The van der Waals surface area contributed by atoms with E-state index in [0.717, 1.165) is 19.3 Å². The van der Waals surface area contributed by atoms with Crippen molar-refractivity contribution in [3.05, 3.63) is 60.3 Å². The summed E-state index contributed by atoms with van der Waals surface area (Å²) in [6.45, 7) is 0. The van der Waals surface area contributed by atoms with Gasteiger partial charge in [0, 0.05) is 16.5 Å². The van der Waals surface area contributed by atoms with E-state index in [0.29, 0.717) is 10.4 Å². The van der Waals surface area contributed by atoms with E-state index in [1.165, 1.54) is 40.1 Å². The first-order chi connectivity index (χ1) is 11.0. The van der Waals surface area contributed by atoms with Gasteiger partial charge in [0.05, 0.1) is 16.0 Å². The third-order valence-electron chi connectivity index (χ3n) is 3.52. The fraction of sp³-hybridized carbons (Fsp3) is 0.200. The summed E-state index contributed by atoms with van der Waals surface area (Å²) in [6.07, 6.45) is 4.56. The predicted molar refractivity (Wildman–Crippen MR) is 89.5 cm³/mol. The number of thiophene rings is 1. The number of halogens is 1. The summed E-state index contributed by atoms with van der Waals surface area (Å²) in [6, 6.07) is 6.22. The van der Waals surface area contributed by atoms with Crippen LogP contribution in [0.1, 0.15) is 32.1 Å². The molecule has 118 valence electrons. The number of hydrogen-bond acceptors (Lipinski definition) is 5. The molecule has 0 spiro atoms. The zero-order valence-electron chi connectivity index (χ0n) is 11.9. The second-order valence-corrected chi connectivity index (χ2v) is 6.62. The SMILES string of the molecule is O=C(N/N=C\c1ccc(Cl)c([N+](=O)[O-])c1)c1cc2c(s1)CCC2. The van der Waals surface area contributed by atoms with Gasteiger partial charge in [-0.05, 0) is 37.0 Å². The molecule has 3 rings (SSSR count). The number of carbonyl (C=O) groups is 1. The van der Waals surface area contributed by atoms with Crippen LogP contribution >= 0.6 is 22.9 Å².